The second-order valence-corrected chi connectivity index (χ2v) is 9.94. The SMILES string of the molecule is C=CN(/C=C\N)CCCNC(=O)C(=O)N[C@H](CO)Cc1ccc(-c2ccc(S(C)(=O)=O)cc2)cc1. The summed E-state index contributed by atoms with van der Waals surface area (Å²) in [6, 6.07) is 13.4. The Bertz CT molecular complexity index is 1130. The van der Waals surface area contributed by atoms with Gasteiger partial charge in [-0.05, 0) is 47.9 Å². The molecule has 0 aromatic heterocycles. The van der Waals surface area contributed by atoms with Crippen LogP contribution in [-0.4, -0.2) is 62.2 Å². The summed E-state index contributed by atoms with van der Waals surface area (Å²) in [5.74, 6) is -1.58. The Morgan fingerprint density at radius 1 is 1.09 bits per heavy atom. The van der Waals surface area contributed by atoms with Crippen molar-refractivity contribution in [2.75, 3.05) is 26.0 Å². The number of rotatable bonds is 12. The smallest absolute Gasteiger partial charge is 0.309 e. The highest BCUT2D eigenvalue weighted by Gasteiger charge is 2.18. The van der Waals surface area contributed by atoms with E-state index in [2.05, 4.69) is 17.2 Å². The van der Waals surface area contributed by atoms with Gasteiger partial charge >= 0.3 is 11.8 Å². The van der Waals surface area contributed by atoms with Crippen molar-refractivity contribution in [3.8, 4) is 11.1 Å². The molecule has 35 heavy (non-hydrogen) atoms. The Hall–Kier alpha value is -3.63. The molecule has 0 aliphatic heterocycles. The zero-order valence-corrected chi connectivity index (χ0v) is 20.5. The van der Waals surface area contributed by atoms with Gasteiger partial charge in [-0.25, -0.2) is 8.42 Å². The molecular weight excluding hydrogens is 468 g/mol. The third-order valence-electron chi connectivity index (χ3n) is 5.20. The van der Waals surface area contributed by atoms with E-state index in [1.807, 2.05) is 24.3 Å². The Balaban J connectivity index is 1.87. The summed E-state index contributed by atoms with van der Waals surface area (Å²) in [6.07, 6.45) is 6.72. The minimum Gasteiger partial charge on any atom is -0.403 e. The highest BCUT2D eigenvalue weighted by atomic mass is 32.2. The van der Waals surface area contributed by atoms with E-state index in [1.54, 1.807) is 41.6 Å². The van der Waals surface area contributed by atoms with Crippen LogP contribution < -0.4 is 16.4 Å². The van der Waals surface area contributed by atoms with Gasteiger partial charge in [-0.3, -0.25) is 9.59 Å². The van der Waals surface area contributed by atoms with Gasteiger partial charge in [0.15, 0.2) is 9.84 Å². The van der Waals surface area contributed by atoms with Crippen LogP contribution in [0, 0.1) is 0 Å². The maximum atomic E-state index is 12.2. The van der Waals surface area contributed by atoms with Crippen LogP contribution in [0.3, 0.4) is 0 Å². The summed E-state index contributed by atoms with van der Waals surface area (Å²) in [5, 5.41) is 14.8. The van der Waals surface area contributed by atoms with Crippen molar-refractivity contribution in [2.45, 2.75) is 23.8 Å². The number of hydrogen-bond donors (Lipinski definition) is 4. The normalized spacial score (nSPS) is 12.2. The predicted octanol–water partition coefficient (Wildman–Crippen LogP) is 1.16. The highest BCUT2D eigenvalue weighted by molar-refractivity contribution is 7.90. The van der Waals surface area contributed by atoms with Gasteiger partial charge in [0.2, 0.25) is 0 Å². The molecule has 2 aromatic rings. The fraction of sp³-hybridized carbons (Fsp3) is 0.280. The van der Waals surface area contributed by atoms with E-state index in [4.69, 9.17) is 5.73 Å². The number of aliphatic hydroxyl groups is 1. The monoisotopic (exact) mass is 500 g/mol. The van der Waals surface area contributed by atoms with Gasteiger partial charge in [-0.15, -0.1) is 0 Å². The standard InChI is InChI=1S/C25H32N4O5S/c1-3-29(16-13-26)15-4-14-27-24(31)25(32)28-22(18-30)17-19-5-7-20(8-6-19)21-9-11-23(12-10-21)35(2,33)34/h3,5-13,16,22,30H,1,4,14-15,17-18,26H2,2H3,(H,27,31)(H,28,32)/b16-13-/t22-/m0/s1. The Kier molecular flexibility index (Phi) is 10.5. The maximum absolute atomic E-state index is 12.2. The van der Waals surface area contributed by atoms with Crippen molar-refractivity contribution in [1.82, 2.24) is 15.5 Å². The van der Waals surface area contributed by atoms with E-state index in [0.717, 1.165) is 22.9 Å². The van der Waals surface area contributed by atoms with Crippen LogP contribution in [0.25, 0.3) is 11.1 Å². The van der Waals surface area contributed by atoms with Gasteiger partial charge < -0.3 is 26.4 Å². The topological polar surface area (TPSA) is 142 Å². The summed E-state index contributed by atoms with van der Waals surface area (Å²) >= 11 is 0. The molecule has 1 atom stereocenters. The van der Waals surface area contributed by atoms with E-state index in [0.29, 0.717) is 25.9 Å². The number of nitrogens with two attached hydrogens (primary N) is 1. The molecule has 5 N–H and O–H groups in total. The molecule has 2 rings (SSSR count). The van der Waals surface area contributed by atoms with Gasteiger partial charge in [0.1, 0.15) is 0 Å². The zero-order chi connectivity index (χ0) is 25.8. The molecule has 0 aliphatic rings. The van der Waals surface area contributed by atoms with E-state index < -0.39 is 27.7 Å². The van der Waals surface area contributed by atoms with Crippen LogP contribution >= 0.6 is 0 Å². The van der Waals surface area contributed by atoms with Crippen molar-refractivity contribution in [2.24, 2.45) is 5.73 Å². The highest BCUT2D eigenvalue weighted by Crippen LogP contribution is 2.22. The first kappa shape index (κ1) is 27.6. The second-order valence-electron chi connectivity index (χ2n) is 7.92. The Morgan fingerprint density at radius 2 is 1.69 bits per heavy atom. The molecule has 9 nitrogen and oxygen atoms in total. The number of hydrogen-bond acceptors (Lipinski definition) is 7. The minimum absolute atomic E-state index is 0.255. The molecule has 0 fully saturated rings. The molecule has 188 valence electrons. The van der Waals surface area contributed by atoms with Crippen molar-refractivity contribution >= 4 is 21.7 Å². The molecule has 0 spiro atoms. The van der Waals surface area contributed by atoms with Gasteiger partial charge in [-0.1, -0.05) is 43.0 Å². The molecular formula is C25H32N4O5S. The third-order valence-corrected chi connectivity index (χ3v) is 6.33. The third kappa shape index (κ3) is 8.91. The lowest BCUT2D eigenvalue weighted by Crippen LogP contribution is -2.47. The fourth-order valence-corrected chi connectivity index (χ4v) is 3.94. The van der Waals surface area contributed by atoms with Crippen LogP contribution in [0.5, 0.6) is 0 Å². The molecule has 0 unspecified atom stereocenters. The van der Waals surface area contributed by atoms with E-state index in [1.165, 1.54) is 6.20 Å². The van der Waals surface area contributed by atoms with E-state index >= 15 is 0 Å². The average molecular weight is 501 g/mol. The summed E-state index contributed by atoms with van der Waals surface area (Å²) in [5.41, 5.74) is 7.95. The first-order valence-corrected chi connectivity index (χ1v) is 12.9. The van der Waals surface area contributed by atoms with Crippen LogP contribution in [-0.2, 0) is 25.8 Å². The molecule has 0 heterocycles. The number of sulfone groups is 1. The summed E-state index contributed by atoms with van der Waals surface area (Å²) in [6.45, 7) is 4.20. The Morgan fingerprint density at radius 3 is 2.20 bits per heavy atom. The summed E-state index contributed by atoms with van der Waals surface area (Å²) in [7, 11) is -3.25. The molecule has 0 saturated carbocycles. The molecule has 0 bridgehead atoms. The van der Waals surface area contributed by atoms with Crippen LogP contribution in [0.1, 0.15) is 12.0 Å². The van der Waals surface area contributed by atoms with Crippen LogP contribution in [0.15, 0.2) is 78.6 Å². The molecule has 0 aliphatic carbocycles. The zero-order valence-electron chi connectivity index (χ0n) is 19.7. The van der Waals surface area contributed by atoms with Gasteiger partial charge in [0.25, 0.3) is 0 Å². The molecule has 10 heteroatoms. The average Bonchev–Trinajstić information content (AvgIpc) is 2.85. The first-order valence-electron chi connectivity index (χ1n) is 11.0. The van der Waals surface area contributed by atoms with Crippen molar-refractivity contribution < 1.29 is 23.1 Å². The number of aliphatic hydroxyl groups excluding tert-OH is 1. The van der Waals surface area contributed by atoms with Gasteiger partial charge in [0, 0.05) is 31.7 Å². The largest absolute Gasteiger partial charge is 0.403 e. The second kappa shape index (κ2) is 13.3. The fourth-order valence-electron chi connectivity index (χ4n) is 3.31. The van der Waals surface area contributed by atoms with Crippen molar-refractivity contribution in [1.29, 1.82) is 0 Å². The van der Waals surface area contributed by atoms with E-state index in [9.17, 15) is 23.1 Å². The predicted molar refractivity (Wildman–Crippen MR) is 136 cm³/mol. The summed E-state index contributed by atoms with van der Waals surface area (Å²) < 4.78 is 23.2. The molecule has 0 saturated heterocycles. The summed E-state index contributed by atoms with van der Waals surface area (Å²) in [4.78, 5) is 26.3. The maximum Gasteiger partial charge on any atom is 0.309 e. The van der Waals surface area contributed by atoms with Crippen molar-refractivity contribution in [3.63, 3.8) is 0 Å². The van der Waals surface area contributed by atoms with Crippen LogP contribution in [0.2, 0.25) is 0 Å². The lowest BCUT2D eigenvalue weighted by atomic mass is 10.0. The number of nitrogens with one attached hydrogen (secondary N) is 2. The quantitative estimate of drug-likeness (QED) is 0.253. The molecule has 2 amide bonds. The molecule has 2 aromatic carbocycles. The first-order chi connectivity index (χ1) is 16.7. The Labute approximate surface area is 206 Å². The van der Waals surface area contributed by atoms with Crippen molar-refractivity contribution in [3.05, 3.63) is 79.3 Å². The number of nitrogens with zero attached hydrogens (tertiary/aromatic N) is 1. The van der Waals surface area contributed by atoms with E-state index in [-0.39, 0.29) is 11.5 Å². The van der Waals surface area contributed by atoms with Gasteiger partial charge in [0.05, 0.1) is 17.5 Å². The molecule has 0 radical (unpaired) electrons. The van der Waals surface area contributed by atoms with Gasteiger partial charge in [-0.2, -0.15) is 0 Å². The van der Waals surface area contributed by atoms with Crippen LogP contribution in [0.4, 0.5) is 0 Å². The lowest BCUT2D eigenvalue weighted by molar-refractivity contribution is -0.139. The number of amides is 2. The number of benzene rings is 2. The lowest BCUT2D eigenvalue weighted by Gasteiger charge is -2.17. The minimum atomic E-state index is -3.25. The number of carbonyl (C=O) groups excluding carboxylic acids is 2. The number of carbonyl (C=O) groups is 2.